The molecule has 9 heteroatoms. The number of hydrogen-bond acceptors (Lipinski definition) is 6. The Morgan fingerprint density at radius 2 is 1.58 bits per heavy atom. The first-order chi connectivity index (χ1) is 15.8. The Bertz CT molecular complexity index is 1350. The van der Waals surface area contributed by atoms with E-state index in [-0.39, 0.29) is 16.1 Å². The first kappa shape index (κ1) is 22.2. The molecule has 3 aromatic rings. The van der Waals surface area contributed by atoms with E-state index in [0.29, 0.717) is 5.56 Å². The standard InChI is InChI=1S/C24H18FNO6S/c1-32-24(29)16-9-7-15(8-10-16)20-22(33(30,31)19-5-3-2-4-6-19)21(27)23(28)26(20)18-13-11-17(25)12-14-18/h2-14,20,27H,1H3. The van der Waals surface area contributed by atoms with E-state index in [0.717, 1.165) is 17.0 Å². The number of rotatable bonds is 5. The van der Waals surface area contributed by atoms with E-state index < -0.39 is 44.2 Å². The molecule has 1 atom stereocenters. The van der Waals surface area contributed by atoms with Crippen LogP contribution in [0.1, 0.15) is 22.0 Å². The molecular weight excluding hydrogens is 449 g/mol. The van der Waals surface area contributed by atoms with Crippen LogP contribution < -0.4 is 4.90 Å². The topological polar surface area (TPSA) is 101 Å². The van der Waals surface area contributed by atoms with Crippen molar-refractivity contribution >= 4 is 27.4 Å². The van der Waals surface area contributed by atoms with Crippen LogP contribution in [0.25, 0.3) is 0 Å². The van der Waals surface area contributed by atoms with Crippen LogP contribution in [0.2, 0.25) is 0 Å². The lowest BCUT2D eigenvalue weighted by Gasteiger charge is -2.27. The predicted molar refractivity (Wildman–Crippen MR) is 118 cm³/mol. The molecule has 33 heavy (non-hydrogen) atoms. The second kappa shape index (κ2) is 8.51. The highest BCUT2D eigenvalue weighted by molar-refractivity contribution is 7.95. The third kappa shape index (κ3) is 3.87. The normalized spacial score (nSPS) is 16.2. The lowest BCUT2D eigenvalue weighted by atomic mass is 10.0. The first-order valence-electron chi connectivity index (χ1n) is 9.76. The van der Waals surface area contributed by atoms with Gasteiger partial charge in [0.1, 0.15) is 16.8 Å². The van der Waals surface area contributed by atoms with Crippen molar-refractivity contribution in [1.29, 1.82) is 0 Å². The van der Waals surface area contributed by atoms with Crippen molar-refractivity contribution in [2.24, 2.45) is 0 Å². The summed E-state index contributed by atoms with van der Waals surface area (Å²) in [5, 5.41) is 10.7. The Labute approximate surface area is 189 Å². The van der Waals surface area contributed by atoms with Gasteiger partial charge in [0.25, 0.3) is 5.91 Å². The maximum Gasteiger partial charge on any atom is 0.337 e. The molecular formula is C24H18FNO6S. The summed E-state index contributed by atoms with van der Waals surface area (Å²) in [6.07, 6.45) is 0. The van der Waals surface area contributed by atoms with Crippen molar-refractivity contribution < 1.29 is 32.2 Å². The van der Waals surface area contributed by atoms with Crippen LogP contribution in [0.3, 0.4) is 0 Å². The molecule has 1 unspecified atom stereocenters. The number of anilines is 1. The Kier molecular flexibility index (Phi) is 5.73. The smallest absolute Gasteiger partial charge is 0.337 e. The van der Waals surface area contributed by atoms with Crippen molar-refractivity contribution in [1.82, 2.24) is 0 Å². The zero-order chi connectivity index (χ0) is 23.8. The van der Waals surface area contributed by atoms with Gasteiger partial charge in [-0.2, -0.15) is 0 Å². The van der Waals surface area contributed by atoms with Crippen LogP contribution in [0.15, 0.2) is 94.4 Å². The molecule has 0 saturated carbocycles. The van der Waals surface area contributed by atoms with Gasteiger partial charge in [0, 0.05) is 5.69 Å². The Balaban J connectivity index is 1.91. The van der Waals surface area contributed by atoms with E-state index in [4.69, 9.17) is 0 Å². The van der Waals surface area contributed by atoms with Gasteiger partial charge in [0.2, 0.25) is 9.84 Å². The number of carbonyl (C=O) groups is 2. The summed E-state index contributed by atoms with van der Waals surface area (Å²) in [5.74, 6) is -3.00. The SMILES string of the molecule is COC(=O)c1ccc(C2C(S(=O)(=O)c3ccccc3)=C(O)C(=O)N2c2ccc(F)cc2)cc1. The molecule has 0 saturated heterocycles. The average molecular weight is 467 g/mol. The summed E-state index contributed by atoms with van der Waals surface area (Å²) in [4.78, 5) is 25.4. The van der Waals surface area contributed by atoms with Gasteiger partial charge in [0.05, 0.1) is 17.6 Å². The molecule has 168 valence electrons. The summed E-state index contributed by atoms with van der Waals surface area (Å²) < 4.78 is 45.2. The number of hydrogen-bond donors (Lipinski definition) is 1. The lowest BCUT2D eigenvalue weighted by molar-refractivity contribution is -0.117. The maximum atomic E-state index is 13.5. The summed E-state index contributed by atoms with van der Waals surface area (Å²) in [5.41, 5.74) is 0.728. The number of methoxy groups -OCH3 is 1. The minimum Gasteiger partial charge on any atom is -0.502 e. The monoisotopic (exact) mass is 467 g/mol. The van der Waals surface area contributed by atoms with Gasteiger partial charge < -0.3 is 9.84 Å². The van der Waals surface area contributed by atoms with Crippen molar-refractivity contribution in [2.75, 3.05) is 12.0 Å². The summed E-state index contributed by atoms with van der Waals surface area (Å²) in [6, 6.07) is 16.8. The van der Waals surface area contributed by atoms with Gasteiger partial charge in [-0.05, 0) is 54.1 Å². The van der Waals surface area contributed by atoms with Crippen LogP contribution in [-0.4, -0.2) is 32.5 Å². The molecule has 1 aliphatic heterocycles. The molecule has 0 radical (unpaired) electrons. The quantitative estimate of drug-likeness (QED) is 0.571. The van der Waals surface area contributed by atoms with Gasteiger partial charge in [-0.25, -0.2) is 17.6 Å². The van der Waals surface area contributed by atoms with Crippen LogP contribution in [0.5, 0.6) is 0 Å². The molecule has 1 aliphatic rings. The number of nitrogens with zero attached hydrogens (tertiary/aromatic N) is 1. The maximum absolute atomic E-state index is 13.5. The number of benzene rings is 3. The number of halogens is 1. The van der Waals surface area contributed by atoms with Crippen LogP contribution in [0, 0.1) is 5.82 Å². The van der Waals surface area contributed by atoms with Gasteiger partial charge in [-0.1, -0.05) is 30.3 Å². The fraction of sp³-hybridized carbons (Fsp3) is 0.0833. The highest BCUT2D eigenvalue weighted by Gasteiger charge is 2.47. The van der Waals surface area contributed by atoms with E-state index in [2.05, 4.69) is 4.74 Å². The fourth-order valence-corrected chi connectivity index (χ4v) is 5.32. The van der Waals surface area contributed by atoms with Crippen LogP contribution in [-0.2, 0) is 19.4 Å². The van der Waals surface area contributed by atoms with Gasteiger partial charge in [-0.15, -0.1) is 0 Å². The van der Waals surface area contributed by atoms with Gasteiger partial charge in [-0.3, -0.25) is 9.69 Å². The number of esters is 1. The van der Waals surface area contributed by atoms with E-state index in [1.54, 1.807) is 6.07 Å². The van der Waals surface area contributed by atoms with Crippen LogP contribution >= 0.6 is 0 Å². The number of amides is 1. The largest absolute Gasteiger partial charge is 0.502 e. The predicted octanol–water partition coefficient (Wildman–Crippen LogP) is 3.94. The molecule has 0 aromatic heterocycles. The Morgan fingerprint density at radius 1 is 0.970 bits per heavy atom. The third-order valence-corrected chi connectivity index (χ3v) is 7.15. The van der Waals surface area contributed by atoms with Crippen LogP contribution in [0.4, 0.5) is 10.1 Å². The minimum atomic E-state index is -4.30. The highest BCUT2D eigenvalue weighted by Crippen LogP contribution is 2.44. The van der Waals surface area contributed by atoms with Crippen molar-refractivity contribution in [2.45, 2.75) is 10.9 Å². The zero-order valence-corrected chi connectivity index (χ0v) is 18.1. The molecule has 0 spiro atoms. The molecule has 1 N–H and O–H groups in total. The Morgan fingerprint density at radius 3 is 2.15 bits per heavy atom. The molecule has 7 nitrogen and oxygen atoms in total. The molecule has 0 bridgehead atoms. The molecule has 0 fully saturated rings. The molecule has 0 aliphatic carbocycles. The summed E-state index contributed by atoms with van der Waals surface area (Å²) in [7, 11) is -3.07. The average Bonchev–Trinajstić information content (AvgIpc) is 3.11. The van der Waals surface area contributed by atoms with E-state index >= 15 is 0 Å². The minimum absolute atomic E-state index is 0.100. The number of carbonyl (C=O) groups excluding carboxylic acids is 2. The Hall–Kier alpha value is -3.98. The highest BCUT2D eigenvalue weighted by atomic mass is 32.2. The zero-order valence-electron chi connectivity index (χ0n) is 17.3. The second-order valence-electron chi connectivity index (χ2n) is 7.20. The van der Waals surface area contributed by atoms with Crippen molar-refractivity contribution in [3.05, 3.63) is 106 Å². The van der Waals surface area contributed by atoms with Gasteiger partial charge >= 0.3 is 5.97 Å². The van der Waals surface area contributed by atoms with E-state index in [1.807, 2.05) is 0 Å². The molecule has 4 rings (SSSR count). The fourth-order valence-electron chi connectivity index (χ4n) is 3.67. The second-order valence-corrected chi connectivity index (χ2v) is 9.12. The van der Waals surface area contributed by atoms with Gasteiger partial charge in [0.15, 0.2) is 5.76 Å². The van der Waals surface area contributed by atoms with Crippen molar-refractivity contribution in [3.8, 4) is 0 Å². The molecule has 1 amide bonds. The molecule has 3 aromatic carbocycles. The first-order valence-corrected chi connectivity index (χ1v) is 11.2. The number of aliphatic hydroxyl groups is 1. The third-order valence-electron chi connectivity index (χ3n) is 5.26. The van der Waals surface area contributed by atoms with E-state index in [9.17, 15) is 27.5 Å². The van der Waals surface area contributed by atoms with Crippen molar-refractivity contribution in [3.63, 3.8) is 0 Å². The summed E-state index contributed by atoms with van der Waals surface area (Å²) >= 11 is 0. The number of ether oxygens (including phenoxy) is 1. The lowest BCUT2D eigenvalue weighted by Crippen LogP contribution is -2.31. The number of aliphatic hydroxyl groups excluding tert-OH is 1. The van der Waals surface area contributed by atoms with E-state index in [1.165, 1.54) is 67.8 Å². The number of sulfone groups is 1. The summed E-state index contributed by atoms with van der Waals surface area (Å²) in [6.45, 7) is 0. The molecule has 1 heterocycles.